The molecule has 2 rings (SSSR count). The van der Waals surface area contributed by atoms with Crippen molar-refractivity contribution in [2.75, 3.05) is 13.1 Å². The van der Waals surface area contributed by atoms with Crippen molar-refractivity contribution in [1.82, 2.24) is 10.2 Å². The van der Waals surface area contributed by atoms with Gasteiger partial charge in [0.2, 0.25) is 5.91 Å². The zero-order chi connectivity index (χ0) is 16.0. The third-order valence-corrected chi connectivity index (χ3v) is 4.63. The van der Waals surface area contributed by atoms with E-state index in [0.29, 0.717) is 6.42 Å². The van der Waals surface area contributed by atoms with Gasteiger partial charge < -0.3 is 5.32 Å². The van der Waals surface area contributed by atoms with Gasteiger partial charge in [-0.1, -0.05) is 44.2 Å². The molecule has 0 aromatic heterocycles. The highest BCUT2D eigenvalue weighted by atomic mass is 16.2. The summed E-state index contributed by atoms with van der Waals surface area (Å²) in [7, 11) is 0. The van der Waals surface area contributed by atoms with Gasteiger partial charge in [0, 0.05) is 12.0 Å². The lowest BCUT2D eigenvalue weighted by atomic mass is 9.79. The van der Waals surface area contributed by atoms with E-state index in [4.69, 9.17) is 5.26 Å². The van der Waals surface area contributed by atoms with E-state index < -0.39 is 0 Å². The summed E-state index contributed by atoms with van der Waals surface area (Å²) in [6.45, 7) is 6.71. The Hall–Kier alpha value is -1.86. The molecule has 0 spiro atoms. The van der Waals surface area contributed by atoms with Crippen molar-refractivity contribution in [3.8, 4) is 6.07 Å². The normalized spacial score (nSPS) is 19.1. The van der Waals surface area contributed by atoms with Crippen molar-refractivity contribution in [2.24, 2.45) is 5.41 Å². The lowest BCUT2D eigenvalue weighted by Gasteiger charge is -2.38. The van der Waals surface area contributed by atoms with Crippen LogP contribution in [0.4, 0.5) is 0 Å². The SMILES string of the molecule is CC[C@H](C#N)NC(=O)C1(C)CCN(Cc2ccccc2)CC1. The second-order valence-corrected chi connectivity index (χ2v) is 6.39. The summed E-state index contributed by atoms with van der Waals surface area (Å²) < 4.78 is 0. The van der Waals surface area contributed by atoms with Gasteiger partial charge in [-0.25, -0.2) is 0 Å². The third kappa shape index (κ3) is 4.08. The molecule has 1 saturated heterocycles. The van der Waals surface area contributed by atoms with Crippen molar-refractivity contribution in [3.63, 3.8) is 0 Å². The van der Waals surface area contributed by atoms with E-state index in [-0.39, 0.29) is 17.4 Å². The zero-order valence-electron chi connectivity index (χ0n) is 13.5. The van der Waals surface area contributed by atoms with Gasteiger partial charge >= 0.3 is 0 Å². The number of likely N-dealkylation sites (tertiary alicyclic amines) is 1. The average molecular weight is 299 g/mol. The van der Waals surface area contributed by atoms with Gasteiger partial charge in [-0.2, -0.15) is 5.26 Å². The molecule has 1 N–H and O–H groups in total. The molecule has 0 aliphatic carbocycles. The smallest absolute Gasteiger partial charge is 0.227 e. The van der Waals surface area contributed by atoms with E-state index in [2.05, 4.69) is 40.6 Å². The minimum Gasteiger partial charge on any atom is -0.340 e. The Balaban J connectivity index is 1.87. The Bertz CT molecular complexity index is 527. The number of nitrogens with one attached hydrogen (secondary N) is 1. The van der Waals surface area contributed by atoms with Crippen LogP contribution in [0.1, 0.15) is 38.7 Å². The predicted octanol–water partition coefficient (Wildman–Crippen LogP) is 2.71. The van der Waals surface area contributed by atoms with Gasteiger partial charge in [-0.15, -0.1) is 0 Å². The highest BCUT2D eigenvalue weighted by Crippen LogP contribution is 2.31. The Morgan fingerprint density at radius 3 is 2.55 bits per heavy atom. The van der Waals surface area contributed by atoms with Crippen LogP contribution < -0.4 is 5.32 Å². The Morgan fingerprint density at radius 2 is 2.00 bits per heavy atom. The largest absolute Gasteiger partial charge is 0.340 e. The Kier molecular flexibility index (Phi) is 5.57. The van der Waals surface area contributed by atoms with E-state index in [9.17, 15) is 4.79 Å². The molecular formula is C18H25N3O. The van der Waals surface area contributed by atoms with Crippen LogP contribution in [0.2, 0.25) is 0 Å². The first-order valence-electron chi connectivity index (χ1n) is 8.04. The number of nitriles is 1. The van der Waals surface area contributed by atoms with Crippen molar-refractivity contribution in [1.29, 1.82) is 5.26 Å². The van der Waals surface area contributed by atoms with Crippen molar-refractivity contribution in [3.05, 3.63) is 35.9 Å². The maximum Gasteiger partial charge on any atom is 0.227 e. The van der Waals surface area contributed by atoms with Crippen molar-refractivity contribution in [2.45, 2.75) is 45.7 Å². The molecule has 1 amide bonds. The van der Waals surface area contributed by atoms with Crippen LogP contribution in [-0.2, 0) is 11.3 Å². The number of carbonyl (C=O) groups is 1. The Labute approximate surface area is 133 Å². The molecule has 1 aromatic carbocycles. The van der Waals surface area contributed by atoms with E-state index in [1.165, 1.54) is 5.56 Å². The van der Waals surface area contributed by atoms with E-state index in [1.54, 1.807) is 0 Å². The number of rotatable bonds is 5. The number of benzene rings is 1. The van der Waals surface area contributed by atoms with Crippen LogP contribution in [0.3, 0.4) is 0 Å². The monoisotopic (exact) mass is 299 g/mol. The van der Waals surface area contributed by atoms with Crippen LogP contribution in [0.25, 0.3) is 0 Å². The minimum atomic E-state index is -0.369. The first-order valence-corrected chi connectivity index (χ1v) is 8.04. The van der Waals surface area contributed by atoms with Gasteiger partial charge in [0.05, 0.1) is 6.07 Å². The molecule has 1 fully saturated rings. The standard InChI is InChI=1S/C18H25N3O/c1-3-16(13-19)20-17(22)18(2)9-11-21(12-10-18)14-15-7-5-4-6-8-15/h4-8,16H,3,9-12,14H2,1-2H3,(H,20,22)/t16-/m1/s1. The number of carbonyl (C=O) groups excluding carboxylic acids is 1. The van der Waals surface area contributed by atoms with Crippen LogP contribution in [-0.4, -0.2) is 29.9 Å². The summed E-state index contributed by atoms with van der Waals surface area (Å²) in [5, 5.41) is 11.9. The van der Waals surface area contributed by atoms with Crippen LogP contribution in [0.15, 0.2) is 30.3 Å². The maximum absolute atomic E-state index is 12.4. The van der Waals surface area contributed by atoms with E-state index >= 15 is 0 Å². The molecule has 1 aliphatic heterocycles. The molecule has 0 bridgehead atoms. The van der Waals surface area contributed by atoms with Gasteiger partial charge in [-0.05, 0) is 37.9 Å². The average Bonchev–Trinajstić information content (AvgIpc) is 2.55. The summed E-state index contributed by atoms with van der Waals surface area (Å²) in [6, 6.07) is 12.2. The minimum absolute atomic E-state index is 0.0280. The fourth-order valence-corrected chi connectivity index (χ4v) is 2.83. The van der Waals surface area contributed by atoms with Gasteiger partial charge in [0.15, 0.2) is 0 Å². The summed E-state index contributed by atoms with van der Waals surface area (Å²) in [4.78, 5) is 14.8. The molecule has 4 nitrogen and oxygen atoms in total. The second-order valence-electron chi connectivity index (χ2n) is 6.39. The lowest BCUT2D eigenvalue weighted by Crippen LogP contribution is -2.49. The van der Waals surface area contributed by atoms with E-state index in [0.717, 1.165) is 32.5 Å². The highest BCUT2D eigenvalue weighted by Gasteiger charge is 2.37. The van der Waals surface area contributed by atoms with Crippen LogP contribution in [0, 0.1) is 16.7 Å². The molecule has 1 aromatic rings. The molecule has 118 valence electrons. The topological polar surface area (TPSA) is 56.1 Å². The molecule has 4 heteroatoms. The quantitative estimate of drug-likeness (QED) is 0.909. The van der Waals surface area contributed by atoms with Crippen molar-refractivity contribution >= 4 is 5.91 Å². The number of hydrogen-bond donors (Lipinski definition) is 1. The molecular weight excluding hydrogens is 274 g/mol. The second kappa shape index (κ2) is 7.42. The summed E-state index contributed by atoms with van der Waals surface area (Å²) in [6.07, 6.45) is 2.33. The first-order chi connectivity index (χ1) is 10.6. The summed E-state index contributed by atoms with van der Waals surface area (Å²) in [5.74, 6) is 0.0280. The molecule has 1 heterocycles. The fourth-order valence-electron chi connectivity index (χ4n) is 2.83. The molecule has 0 saturated carbocycles. The Morgan fingerprint density at radius 1 is 1.36 bits per heavy atom. The van der Waals surface area contributed by atoms with Gasteiger partial charge in [-0.3, -0.25) is 9.69 Å². The fraction of sp³-hybridized carbons (Fsp3) is 0.556. The van der Waals surface area contributed by atoms with Gasteiger partial charge in [0.25, 0.3) is 0 Å². The summed E-state index contributed by atoms with van der Waals surface area (Å²) in [5.41, 5.74) is 0.961. The summed E-state index contributed by atoms with van der Waals surface area (Å²) >= 11 is 0. The van der Waals surface area contributed by atoms with Crippen molar-refractivity contribution < 1.29 is 4.79 Å². The molecule has 1 aliphatic rings. The highest BCUT2D eigenvalue weighted by molar-refractivity contribution is 5.82. The van der Waals surface area contributed by atoms with Crippen LogP contribution in [0.5, 0.6) is 0 Å². The number of hydrogen-bond acceptors (Lipinski definition) is 3. The lowest BCUT2D eigenvalue weighted by molar-refractivity contribution is -0.133. The third-order valence-electron chi connectivity index (χ3n) is 4.63. The number of piperidine rings is 1. The molecule has 0 unspecified atom stereocenters. The maximum atomic E-state index is 12.4. The molecule has 1 atom stereocenters. The zero-order valence-corrected chi connectivity index (χ0v) is 13.5. The van der Waals surface area contributed by atoms with Crippen LogP contribution >= 0.6 is 0 Å². The molecule has 22 heavy (non-hydrogen) atoms. The predicted molar refractivity (Wildman–Crippen MR) is 86.9 cm³/mol. The van der Waals surface area contributed by atoms with E-state index in [1.807, 2.05) is 19.9 Å². The molecule has 0 radical (unpaired) electrons. The first kappa shape index (κ1) is 16.5. The number of amides is 1. The van der Waals surface area contributed by atoms with Gasteiger partial charge in [0.1, 0.15) is 6.04 Å². The number of nitrogens with zero attached hydrogens (tertiary/aromatic N) is 2.